The van der Waals surface area contributed by atoms with Crippen molar-refractivity contribution in [2.45, 2.75) is 12.1 Å². The fourth-order valence-electron chi connectivity index (χ4n) is 3.71. The SMILES string of the molecule is Cc1ccc(-n2c(SCC(=O)N/N=C/c3ccc(-c4ccccc4)cc3)nnc2-c2ccncc2)cc1. The Kier molecular flexibility index (Phi) is 7.47. The molecule has 0 saturated carbocycles. The van der Waals surface area contributed by atoms with E-state index in [1.54, 1.807) is 18.6 Å². The van der Waals surface area contributed by atoms with E-state index in [4.69, 9.17) is 0 Å². The van der Waals surface area contributed by atoms with E-state index in [-0.39, 0.29) is 11.7 Å². The molecule has 0 atom stereocenters. The van der Waals surface area contributed by atoms with Crippen molar-refractivity contribution in [1.29, 1.82) is 0 Å². The molecule has 182 valence electrons. The number of nitrogens with one attached hydrogen (secondary N) is 1. The van der Waals surface area contributed by atoms with E-state index in [9.17, 15) is 4.79 Å². The first-order chi connectivity index (χ1) is 18.2. The number of rotatable bonds is 8. The van der Waals surface area contributed by atoms with E-state index in [2.05, 4.69) is 37.8 Å². The van der Waals surface area contributed by atoms with Crippen LogP contribution in [0.15, 0.2) is 114 Å². The molecule has 3 aromatic carbocycles. The van der Waals surface area contributed by atoms with Gasteiger partial charge in [0.25, 0.3) is 5.91 Å². The number of benzene rings is 3. The van der Waals surface area contributed by atoms with Gasteiger partial charge >= 0.3 is 0 Å². The Hall–Kier alpha value is -4.56. The van der Waals surface area contributed by atoms with E-state index in [1.165, 1.54) is 11.8 Å². The van der Waals surface area contributed by atoms with Crippen LogP contribution < -0.4 is 5.43 Å². The molecule has 37 heavy (non-hydrogen) atoms. The summed E-state index contributed by atoms with van der Waals surface area (Å²) in [7, 11) is 0. The van der Waals surface area contributed by atoms with Crippen molar-refractivity contribution < 1.29 is 4.79 Å². The third-order valence-corrected chi connectivity index (χ3v) is 6.55. The van der Waals surface area contributed by atoms with Gasteiger partial charge in [0.2, 0.25) is 0 Å². The number of aromatic nitrogens is 4. The first-order valence-electron chi connectivity index (χ1n) is 11.7. The molecule has 7 nitrogen and oxygen atoms in total. The Balaban J connectivity index is 1.24. The minimum atomic E-state index is -0.230. The highest BCUT2D eigenvalue weighted by molar-refractivity contribution is 7.99. The second kappa shape index (κ2) is 11.5. The van der Waals surface area contributed by atoms with Gasteiger partial charge in [-0.15, -0.1) is 10.2 Å². The number of pyridine rings is 1. The first-order valence-corrected chi connectivity index (χ1v) is 12.7. The molecule has 5 aromatic rings. The smallest absolute Gasteiger partial charge is 0.250 e. The number of hydrazone groups is 1. The van der Waals surface area contributed by atoms with E-state index < -0.39 is 0 Å². The highest BCUT2D eigenvalue weighted by Crippen LogP contribution is 2.28. The molecule has 0 bridgehead atoms. The van der Waals surface area contributed by atoms with Crippen molar-refractivity contribution in [3.63, 3.8) is 0 Å². The first kappa shape index (κ1) is 24.1. The summed E-state index contributed by atoms with van der Waals surface area (Å²) in [5.41, 5.74) is 8.74. The van der Waals surface area contributed by atoms with Crippen LogP contribution in [0, 0.1) is 6.92 Å². The maximum absolute atomic E-state index is 12.5. The van der Waals surface area contributed by atoms with Crippen molar-refractivity contribution in [1.82, 2.24) is 25.2 Å². The van der Waals surface area contributed by atoms with Gasteiger partial charge in [-0.2, -0.15) is 5.10 Å². The number of amides is 1. The Morgan fingerprint density at radius 1 is 0.865 bits per heavy atom. The van der Waals surface area contributed by atoms with Gasteiger partial charge in [-0.1, -0.05) is 84.1 Å². The quantitative estimate of drug-likeness (QED) is 0.170. The van der Waals surface area contributed by atoms with Gasteiger partial charge in [-0.25, -0.2) is 5.43 Å². The minimum Gasteiger partial charge on any atom is -0.272 e. The zero-order valence-electron chi connectivity index (χ0n) is 20.2. The molecule has 0 fully saturated rings. The van der Waals surface area contributed by atoms with Gasteiger partial charge in [0.05, 0.1) is 12.0 Å². The molecule has 0 aliphatic rings. The van der Waals surface area contributed by atoms with E-state index in [0.29, 0.717) is 11.0 Å². The summed E-state index contributed by atoms with van der Waals surface area (Å²) in [5.74, 6) is 0.599. The van der Waals surface area contributed by atoms with Crippen molar-refractivity contribution >= 4 is 23.9 Å². The predicted octanol–water partition coefficient (Wildman–Crippen LogP) is 5.55. The summed E-state index contributed by atoms with van der Waals surface area (Å²) in [6.07, 6.45) is 5.07. The fourth-order valence-corrected chi connectivity index (χ4v) is 4.46. The molecule has 0 radical (unpaired) electrons. The highest BCUT2D eigenvalue weighted by atomic mass is 32.2. The molecule has 1 amide bonds. The lowest BCUT2D eigenvalue weighted by Crippen LogP contribution is -2.20. The van der Waals surface area contributed by atoms with E-state index in [1.807, 2.05) is 90.4 Å². The van der Waals surface area contributed by atoms with Crippen LogP contribution >= 0.6 is 11.8 Å². The zero-order chi connectivity index (χ0) is 25.5. The lowest BCUT2D eigenvalue weighted by molar-refractivity contribution is -0.118. The normalized spacial score (nSPS) is 11.1. The molecule has 8 heteroatoms. The van der Waals surface area contributed by atoms with Crippen molar-refractivity contribution in [3.05, 3.63) is 115 Å². The largest absolute Gasteiger partial charge is 0.272 e. The zero-order valence-corrected chi connectivity index (χ0v) is 21.0. The number of aryl methyl sites for hydroxylation is 1. The lowest BCUT2D eigenvalue weighted by atomic mass is 10.0. The predicted molar refractivity (Wildman–Crippen MR) is 148 cm³/mol. The van der Waals surface area contributed by atoms with Gasteiger partial charge in [-0.3, -0.25) is 14.3 Å². The summed E-state index contributed by atoms with van der Waals surface area (Å²) >= 11 is 1.30. The third-order valence-electron chi connectivity index (χ3n) is 5.62. The van der Waals surface area contributed by atoms with Crippen LogP contribution in [0.4, 0.5) is 0 Å². The van der Waals surface area contributed by atoms with Crippen molar-refractivity contribution in [2.24, 2.45) is 5.10 Å². The van der Waals surface area contributed by atoms with Gasteiger partial charge in [0.15, 0.2) is 11.0 Å². The molecule has 2 aromatic heterocycles. The summed E-state index contributed by atoms with van der Waals surface area (Å²) in [6, 6.07) is 30.0. The van der Waals surface area contributed by atoms with Crippen molar-refractivity contribution in [3.8, 4) is 28.2 Å². The van der Waals surface area contributed by atoms with Crippen LogP contribution in [0.25, 0.3) is 28.2 Å². The molecule has 0 unspecified atom stereocenters. The average molecular weight is 505 g/mol. The molecular formula is C29H24N6OS. The summed E-state index contributed by atoms with van der Waals surface area (Å²) in [5, 5.41) is 13.5. The second-order valence-electron chi connectivity index (χ2n) is 8.28. The van der Waals surface area contributed by atoms with Crippen LogP contribution in [0.2, 0.25) is 0 Å². The number of nitrogens with zero attached hydrogens (tertiary/aromatic N) is 5. The van der Waals surface area contributed by atoms with Gasteiger partial charge in [-0.05, 0) is 47.9 Å². The van der Waals surface area contributed by atoms with Crippen LogP contribution in [0.1, 0.15) is 11.1 Å². The van der Waals surface area contributed by atoms with E-state index in [0.717, 1.165) is 33.5 Å². The number of thioether (sulfide) groups is 1. The highest BCUT2D eigenvalue weighted by Gasteiger charge is 2.17. The van der Waals surface area contributed by atoms with E-state index >= 15 is 0 Å². The summed E-state index contributed by atoms with van der Waals surface area (Å²) < 4.78 is 1.95. The molecule has 0 aliphatic carbocycles. The maximum atomic E-state index is 12.5. The standard InChI is InChI=1S/C29H24N6OS/c1-21-7-13-26(14-8-21)35-28(25-15-17-30-18-16-25)33-34-29(35)37-20-27(36)32-31-19-22-9-11-24(12-10-22)23-5-3-2-4-6-23/h2-19H,20H2,1H3,(H,32,36)/b31-19+. The molecule has 5 rings (SSSR count). The topological polar surface area (TPSA) is 85.1 Å². The Morgan fingerprint density at radius 2 is 1.57 bits per heavy atom. The lowest BCUT2D eigenvalue weighted by Gasteiger charge is -2.10. The number of carbonyl (C=O) groups excluding carboxylic acids is 1. The fraction of sp³-hybridized carbons (Fsp3) is 0.0690. The average Bonchev–Trinajstić information content (AvgIpc) is 3.38. The number of hydrogen-bond donors (Lipinski definition) is 1. The Bertz CT molecular complexity index is 1500. The minimum absolute atomic E-state index is 0.143. The number of carbonyl (C=O) groups is 1. The molecule has 0 aliphatic heterocycles. The molecule has 2 heterocycles. The van der Waals surface area contributed by atoms with Crippen molar-refractivity contribution in [2.75, 3.05) is 5.75 Å². The second-order valence-corrected chi connectivity index (χ2v) is 9.23. The van der Waals surface area contributed by atoms with Crippen LogP contribution in [0.5, 0.6) is 0 Å². The van der Waals surface area contributed by atoms with Crippen LogP contribution in [-0.4, -0.2) is 37.6 Å². The van der Waals surface area contributed by atoms with Gasteiger partial charge in [0, 0.05) is 23.6 Å². The van der Waals surface area contributed by atoms with Crippen LogP contribution in [0.3, 0.4) is 0 Å². The summed E-state index contributed by atoms with van der Waals surface area (Å²) in [4.78, 5) is 16.6. The molecule has 0 spiro atoms. The van der Waals surface area contributed by atoms with Gasteiger partial charge in [0.1, 0.15) is 0 Å². The Labute approximate surface area is 219 Å². The molecular weight excluding hydrogens is 480 g/mol. The monoisotopic (exact) mass is 504 g/mol. The third kappa shape index (κ3) is 5.99. The molecule has 0 saturated heterocycles. The molecule has 1 N–H and O–H groups in total. The maximum Gasteiger partial charge on any atom is 0.250 e. The van der Waals surface area contributed by atoms with Gasteiger partial charge < -0.3 is 0 Å². The number of hydrogen-bond acceptors (Lipinski definition) is 6. The van der Waals surface area contributed by atoms with Crippen LogP contribution in [-0.2, 0) is 4.79 Å². The Morgan fingerprint density at radius 3 is 2.30 bits per heavy atom. The summed E-state index contributed by atoms with van der Waals surface area (Å²) in [6.45, 7) is 2.04.